The smallest absolute Gasteiger partial charge is 0.340 e. The van der Waals surface area contributed by atoms with Gasteiger partial charge in [0.2, 0.25) is 0 Å². The molecule has 7 nitrogen and oxygen atoms in total. The quantitative estimate of drug-likeness (QED) is 0.373. The molecule has 0 saturated carbocycles. The lowest BCUT2D eigenvalue weighted by molar-refractivity contribution is 0.00708. The second-order valence-corrected chi connectivity index (χ2v) is 8.51. The number of aryl methyl sites for hydroxylation is 1. The van der Waals surface area contributed by atoms with Gasteiger partial charge in [0, 0.05) is 22.8 Å². The molecule has 32 heavy (non-hydrogen) atoms. The van der Waals surface area contributed by atoms with Crippen molar-refractivity contribution in [3.05, 3.63) is 71.7 Å². The molecule has 2 aromatic heterocycles. The Kier molecular flexibility index (Phi) is 5.15. The highest BCUT2D eigenvalue weighted by atomic mass is 16.6. The third-order valence-corrected chi connectivity index (χ3v) is 4.97. The van der Waals surface area contributed by atoms with Crippen molar-refractivity contribution in [1.82, 2.24) is 14.8 Å². The molecule has 4 aromatic rings. The summed E-state index contributed by atoms with van der Waals surface area (Å²) in [6, 6.07) is 16.7. The zero-order valence-corrected chi connectivity index (χ0v) is 18.4. The lowest BCUT2D eigenvalue weighted by atomic mass is 10.0. The molecule has 0 saturated heterocycles. The van der Waals surface area contributed by atoms with Crippen molar-refractivity contribution in [2.24, 2.45) is 0 Å². The van der Waals surface area contributed by atoms with Gasteiger partial charge in [0.1, 0.15) is 17.4 Å². The lowest BCUT2D eigenvalue weighted by Gasteiger charge is -2.20. The summed E-state index contributed by atoms with van der Waals surface area (Å²) in [5.74, 6) is -0.460. The van der Waals surface area contributed by atoms with Gasteiger partial charge < -0.3 is 10.5 Å². The number of benzene rings is 2. The topological polar surface area (TPSA) is 107 Å². The standard InChI is InChI=1S/C25H23N5O2/c1-15-23-19(16-8-9-17(13-26)28-14-16)6-5-7-22(23)30(29-15)18-10-11-20(21(27)12-18)24(31)32-25(2,3)4/h5-12,14H,27H2,1-4H3. The van der Waals surface area contributed by atoms with Crippen molar-refractivity contribution >= 4 is 22.6 Å². The minimum absolute atomic E-state index is 0.321. The van der Waals surface area contributed by atoms with Gasteiger partial charge in [0.25, 0.3) is 0 Å². The van der Waals surface area contributed by atoms with Crippen LogP contribution in [0.2, 0.25) is 0 Å². The highest BCUT2D eigenvalue weighted by Gasteiger charge is 2.21. The molecule has 7 heteroatoms. The Bertz CT molecular complexity index is 1370. The fraction of sp³-hybridized carbons (Fsp3) is 0.200. The van der Waals surface area contributed by atoms with Crippen LogP contribution in [0.25, 0.3) is 27.7 Å². The summed E-state index contributed by atoms with van der Waals surface area (Å²) < 4.78 is 7.24. The summed E-state index contributed by atoms with van der Waals surface area (Å²) in [7, 11) is 0. The maximum Gasteiger partial charge on any atom is 0.340 e. The van der Waals surface area contributed by atoms with Gasteiger partial charge in [-0.25, -0.2) is 14.5 Å². The molecule has 0 atom stereocenters. The minimum atomic E-state index is -0.603. The fourth-order valence-electron chi connectivity index (χ4n) is 3.61. The number of rotatable bonds is 3. The molecular formula is C25H23N5O2. The molecule has 2 aromatic carbocycles. The number of nitrogens with two attached hydrogens (primary N) is 1. The predicted octanol–water partition coefficient (Wildman–Crippen LogP) is 4.81. The number of pyridine rings is 1. The molecule has 2 N–H and O–H groups in total. The first-order valence-corrected chi connectivity index (χ1v) is 10.2. The Morgan fingerprint density at radius 1 is 1.16 bits per heavy atom. The summed E-state index contributed by atoms with van der Waals surface area (Å²) in [5, 5.41) is 14.7. The Labute approximate surface area is 186 Å². The Morgan fingerprint density at radius 2 is 1.94 bits per heavy atom. The minimum Gasteiger partial charge on any atom is -0.456 e. The van der Waals surface area contributed by atoms with E-state index in [0.717, 1.165) is 33.4 Å². The molecule has 0 radical (unpaired) electrons. The van der Waals surface area contributed by atoms with E-state index < -0.39 is 11.6 Å². The van der Waals surface area contributed by atoms with Crippen LogP contribution in [-0.2, 0) is 4.74 Å². The van der Waals surface area contributed by atoms with Crippen molar-refractivity contribution in [1.29, 1.82) is 5.26 Å². The van der Waals surface area contributed by atoms with Crippen LogP contribution in [0.3, 0.4) is 0 Å². The third kappa shape index (κ3) is 3.91. The number of fused-ring (bicyclic) bond motifs is 1. The molecule has 0 amide bonds. The van der Waals surface area contributed by atoms with Crippen LogP contribution < -0.4 is 5.73 Å². The number of carbonyl (C=O) groups is 1. The highest BCUT2D eigenvalue weighted by Crippen LogP contribution is 2.32. The van der Waals surface area contributed by atoms with Gasteiger partial charge in [0.05, 0.1) is 22.5 Å². The van der Waals surface area contributed by atoms with Gasteiger partial charge in [-0.15, -0.1) is 0 Å². The Morgan fingerprint density at radius 3 is 2.56 bits per heavy atom. The van der Waals surface area contributed by atoms with Gasteiger partial charge in [0.15, 0.2) is 0 Å². The number of nitriles is 1. The number of anilines is 1. The maximum atomic E-state index is 12.4. The van der Waals surface area contributed by atoms with E-state index >= 15 is 0 Å². The second kappa shape index (κ2) is 7.82. The zero-order chi connectivity index (χ0) is 23.0. The molecule has 2 heterocycles. The summed E-state index contributed by atoms with van der Waals surface area (Å²) in [4.78, 5) is 16.6. The van der Waals surface area contributed by atoms with Crippen molar-refractivity contribution in [2.75, 3.05) is 5.73 Å². The van der Waals surface area contributed by atoms with E-state index in [4.69, 9.17) is 20.8 Å². The van der Waals surface area contributed by atoms with Gasteiger partial charge in [-0.05, 0) is 69.7 Å². The summed E-state index contributed by atoms with van der Waals surface area (Å²) in [5.41, 5.74) is 11.0. The first-order valence-electron chi connectivity index (χ1n) is 10.2. The number of nitrogen functional groups attached to an aromatic ring is 1. The van der Waals surface area contributed by atoms with E-state index in [-0.39, 0.29) is 0 Å². The van der Waals surface area contributed by atoms with Crippen LogP contribution in [0.5, 0.6) is 0 Å². The van der Waals surface area contributed by atoms with Crippen LogP contribution in [0.4, 0.5) is 5.69 Å². The molecule has 0 unspecified atom stereocenters. The van der Waals surface area contributed by atoms with E-state index in [1.165, 1.54) is 0 Å². The molecular weight excluding hydrogens is 402 g/mol. The van der Waals surface area contributed by atoms with Crippen LogP contribution >= 0.6 is 0 Å². The van der Waals surface area contributed by atoms with Crippen LogP contribution in [-0.4, -0.2) is 26.3 Å². The van der Waals surface area contributed by atoms with Crippen molar-refractivity contribution < 1.29 is 9.53 Å². The number of carbonyl (C=O) groups excluding carboxylic acids is 1. The van der Waals surface area contributed by atoms with E-state index in [0.29, 0.717) is 16.9 Å². The summed E-state index contributed by atoms with van der Waals surface area (Å²) in [6.45, 7) is 7.39. The number of hydrogen-bond donors (Lipinski definition) is 1. The van der Waals surface area contributed by atoms with Crippen LogP contribution in [0, 0.1) is 18.3 Å². The normalized spacial score (nSPS) is 11.3. The largest absolute Gasteiger partial charge is 0.456 e. The van der Waals surface area contributed by atoms with E-state index in [1.54, 1.807) is 35.1 Å². The third-order valence-electron chi connectivity index (χ3n) is 4.97. The molecule has 4 rings (SSSR count). The SMILES string of the molecule is Cc1nn(-c2ccc(C(=O)OC(C)(C)C)c(N)c2)c2cccc(-c3ccc(C#N)nc3)c12. The number of ether oxygens (including phenoxy) is 1. The summed E-state index contributed by atoms with van der Waals surface area (Å²) in [6.07, 6.45) is 1.69. The number of esters is 1. The maximum absolute atomic E-state index is 12.4. The molecule has 0 aliphatic rings. The average Bonchev–Trinajstić information content (AvgIpc) is 3.09. The highest BCUT2D eigenvalue weighted by molar-refractivity contribution is 5.98. The average molecular weight is 425 g/mol. The van der Waals surface area contributed by atoms with Gasteiger partial charge >= 0.3 is 5.97 Å². The lowest BCUT2D eigenvalue weighted by Crippen LogP contribution is -2.24. The summed E-state index contributed by atoms with van der Waals surface area (Å²) >= 11 is 0. The molecule has 0 aliphatic heterocycles. The zero-order valence-electron chi connectivity index (χ0n) is 18.4. The van der Waals surface area contributed by atoms with Crippen molar-refractivity contribution in [3.8, 4) is 22.9 Å². The Balaban J connectivity index is 1.79. The van der Waals surface area contributed by atoms with Gasteiger partial charge in [-0.3, -0.25) is 0 Å². The molecule has 0 aliphatic carbocycles. The molecule has 0 fully saturated rings. The van der Waals surface area contributed by atoms with Gasteiger partial charge in [-0.1, -0.05) is 12.1 Å². The first kappa shape index (κ1) is 21.1. The molecule has 0 spiro atoms. The monoisotopic (exact) mass is 425 g/mol. The Hall–Kier alpha value is -4.18. The number of hydrogen-bond acceptors (Lipinski definition) is 6. The molecule has 160 valence electrons. The predicted molar refractivity (Wildman–Crippen MR) is 123 cm³/mol. The van der Waals surface area contributed by atoms with Crippen molar-refractivity contribution in [3.63, 3.8) is 0 Å². The van der Waals surface area contributed by atoms with E-state index in [9.17, 15) is 4.79 Å². The van der Waals surface area contributed by atoms with Gasteiger partial charge in [-0.2, -0.15) is 10.4 Å². The fourth-order valence-corrected chi connectivity index (χ4v) is 3.61. The first-order chi connectivity index (χ1) is 15.2. The molecule has 0 bridgehead atoms. The van der Waals surface area contributed by atoms with E-state index in [2.05, 4.69) is 4.98 Å². The van der Waals surface area contributed by atoms with Crippen LogP contribution in [0.1, 0.15) is 42.5 Å². The second-order valence-electron chi connectivity index (χ2n) is 8.51. The van der Waals surface area contributed by atoms with Crippen LogP contribution in [0.15, 0.2) is 54.7 Å². The number of nitrogens with zero attached hydrogens (tertiary/aromatic N) is 4. The number of aromatic nitrogens is 3. The van der Waals surface area contributed by atoms with Crippen molar-refractivity contribution in [2.45, 2.75) is 33.3 Å². The van der Waals surface area contributed by atoms with E-state index in [1.807, 2.05) is 58.0 Å².